The summed E-state index contributed by atoms with van der Waals surface area (Å²) >= 11 is 0. The standard InChI is InChI=1S/C16H23N3O/c1-5-20-14-9-7-6-8-13(14)15-17-10-12(19-15)11-18-16(2,3)4/h6-10,18H,5,11H2,1-4H3,(H,17,19). The smallest absolute Gasteiger partial charge is 0.141 e. The molecule has 0 radical (unpaired) electrons. The van der Waals surface area contributed by atoms with Gasteiger partial charge in [-0.2, -0.15) is 0 Å². The number of hydrogen-bond donors (Lipinski definition) is 2. The van der Waals surface area contributed by atoms with E-state index in [1.807, 2.05) is 37.4 Å². The van der Waals surface area contributed by atoms with Gasteiger partial charge in [0.2, 0.25) is 0 Å². The summed E-state index contributed by atoms with van der Waals surface area (Å²) in [5.74, 6) is 1.71. The molecule has 0 saturated carbocycles. The van der Waals surface area contributed by atoms with Crippen molar-refractivity contribution in [3.8, 4) is 17.1 Å². The van der Waals surface area contributed by atoms with Gasteiger partial charge in [0.25, 0.3) is 0 Å². The van der Waals surface area contributed by atoms with Gasteiger partial charge in [-0.25, -0.2) is 4.98 Å². The number of nitrogens with zero attached hydrogens (tertiary/aromatic N) is 1. The Morgan fingerprint density at radius 3 is 2.70 bits per heavy atom. The molecule has 2 N–H and O–H groups in total. The monoisotopic (exact) mass is 273 g/mol. The van der Waals surface area contributed by atoms with Crippen LogP contribution in [0.1, 0.15) is 33.4 Å². The van der Waals surface area contributed by atoms with Gasteiger partial charge in [0.15, 0.2) is 0 Å². The molecule has 0 fully saturated rings. The summed E-state index contributed by atoms with van der Waals surface area (Å²) < 4.78 is 5.64. The number of nitrogens with one attached hydrogen (secondary N) is 2. The zero-order valence-corrected chi connectivity index (χ0v) is 12.7. The first-order valence-corrected chi connectivity index (χ1v) is 7.00. The van der Waals surface area contributed by atoms with Gasteiger partial charge in [0.05, 0.1) is 12.2 Å². The highest BCUT2D eigenvalue weighted by molar-refractivity contribution is 5.64. The Bertz CT molecular complexity index is 555. The minimum absolute atomic E-state index is 0.0918. The van der Waals surface area contributed by atoms with E-state index < -0.39 is 0 Å². The maximum Gasteiger partial charge on any atom is 0.141 e. The highest BCUT2D eigenvalue weighted by atomic mass is 16.5. The van der Waals surface area contributed by atoms with E-state index in [1.54, 1.807) is 0 Å². The molecule has 4 heteroatoms. The number of rotatable bonds is 5. The number of ether oxygens (including phenoxy) is 1. The van der Waals surface area contributed by atoms with Crippen LogP contribution in [0, 0.1) is 0 Å². The zero-order valence-electron chi connectivity index (χ0n) is 12.7. The highest BCUT2D eigenvalue weighted by Crippen LogP contribution is 2.27. The summed E-state index contributed by atoms with van der Waals surface area (Å²) in [6.07, 6.45) is 1.87. The van der Waals surface area contributed by atoms with Crippen LogP contribution in [0.25, 0.3) is 11.4 Å². The van der Waals surface area contributed by atoms with E-state index in [0.29, 0.717) is 6.61 Å². The molecule has 0 bridgehead atoms. The lowest BCUT2D eigenvalue weighted by Gasteiger charge is -2.19. The number of benzene rings is 1. The number of aromatic nitrogens is 2. The van der Waals surface area contributed by atoms with Crippen LogP contribution in [0.2, 0.25) is 0 Å². The molecular formula is C16H23N3O. The molecule has 0 saturated heterocycles. The Labute approximate surface area is 120 Å². The van der Waals surface area contributed by atoms with Crippen LogP contribution >= 0.6 is 0 Å². The molecular weight excluding hydrogens is 250 g/mol. The molecule has 0 spiro atoms. The molecule has 108 valence electrons. The Morgan fingerprint density at radius 2 is 2.00 bits per heavy atom. The second kappa shape index (κ2) is 6.09. The van der Waals surface area contributed by atoms with Crippen molar-refractivity contribution in [2.75, 3.05) is 6.61 Å². The second-order valence-corrected chi connectivity index (χ2v) is 5.79. The zero-order chi connectivity index (χ0) is 14.6. The van der Waals surface area contributed by atoms with Crippen LogP contribution in [-0.4, -0.2) is 22.1 Å². The van der Waals surface area contributed by atoms with E-state index in [2.05, 4.69) is 36.1 Å². The van der Waals surface area contributed by atoms with Gasteiger partial charge in [0.1, 0.15) is 11.6 Å². The molecule has 0 aliphatic heterocycles. The van der Waals surface area contributed by atoms with Crippen LogP contribution in [0.15, 0.2) is 30.5 Å². The summed E-state index contributed by atoms with van der Waals surface area (Å²) in [4.78, 5) is 7.80. The number of H-pyrrole nitrogens is 1. The Hall–Kier alpha value is -1.81. The quantitative estimate of drug-likeness (QED) is 0.878. The van der Waals surface area contributed by atoms with Crippen LogP contribution in [-0.2, 0) is 6.54 Å². The minimum atomic E-state index is 0.0918. The second-order valence-electron chi connectivity index (χ2n) is 5.79. The maximum absolute atomic E-state index is 5.64. The predicted molar refractivity (Wildman–Crippen MR) is 81.8 cm³/mol. The first kappa shape index (κ1) is 14.6. The molecule has 2 aromatic rings. The van der Waals surface area contributed by atoms with Crippen molar-refractivity contribution in [1.82, 2.24) is 15.3 Å². The fourth-order valence-corrected chi connectivity index (χ4v) is 1.89. The molecule has 2 rings (SSSR count). The largest absolute Gasteiger partial charge is 0.493 e. The third-order valence-electron chi connectivity index (χ3n) is 2.88. The summed E-state index contributed by atoms with van der Waals surface area (Å²) in [6.45, 7) is 9.85. The van der Waals surface area contributed by atoms with Crippen LogP contribution < -0.4 is 10.1 Å². The number of hydrogen-bond acceptors (Lipinski definition) is 3. The first-order valence-electron chi connectivity index (χ1n) is 7.00. The van der Waals surface area contributed by atoms with E-state index in [1.165, 1.54) is 0 Å². The van der Waals surface area contributed by atoms with Crippen molar-refractivity contribution in [3.63, 3.8) is 0 Å². The predicted octanol–water partition coefficient (Wildman–Crippen LogP) is 3.36. The molecule has 1 aromatic carbocycles. The lowest BCUT2D eigenvalue weighted by molar-refractivity contribution is 0.341. The summed E-state index contributed by atoms with van der Waals surface area (Å²) in [6, 6.07) is 7.95. The number of para-hydroxylation sites is 1. The fraction of sp³-hybridized carbons (Fsp3) is 0.438. The Kier molecular flexibility index (Phi) is 4.45. The van der Waals surface area contributed by atoms with Crippen molar-refractivity contribution in [3.05, 3.63) is 36.2 Å². The van der Waals surface area contributed by atoms with Gasteiger partial charge >= 0.3 is 0 Å². The number of imidazole rings is 1. The van der Waals surface area contributed by atoms with Crippen molar-refractivity contribution < 1.29 is 4.74 Å². The van der Waals surface area contributed by atoms with Crippen molar-refractivity contribution in [2.24, 2.45) is 0 Å². The molecule has 0 amide bonds. The lowest BCUT2D eigenvalue weighted by atomic mass is 10.1. The molecule has 4 nitrogen and oxygen atoms in total. The number of aromatic amines is 1. The maximum atomic E-state index is 5.64. The van der Waals surface area contributed by atoms with Crippen molar-refractivity contribution in [1.29, 1.82) is 0 Å². The van der Waals surface area contributed by atoms with Gasteiger partial charge < -0.3 is 15.0 Å². The van der Waals surface area contributed by atoms with E-state index >= 15 is 0 Å². The average molecular weight is 273 g/mol. The van der Waals surface area contributed by atoms with E-state index in [4.69, 9.17) is 4.74 Å². The molecule has 0 aliphatic carbocycles. The van der Waals surface area contributed by atoms with Gasteiger partial charge in [-0.05, 0) is 39.8 Å². The highest BCUT2D eigenvalue weighted by Gasteiger charge is 2.12. The molecule has 0 unspecified atom stereocenters. The molecule has 20 heavy (non-hydrogen) atoms. The molecule has 1 heterocycles. The molecule has 1 aromatic heterocycles. The third kappa shape index (κ3) is 3.84. The Balaban J connectivity index is 2.16. The van der Waals surface area contributed by atoms with Gasteiger partial charge in [-0.3, -0.25) is 0 Å². The van der Waals surface area contributed by atoms with Crippen LogP contribution in [0.4, 0.5) is 0 Å². The van der Waals surface area contributed by atoms with Crippen LogP contribution in [0.3, 0.4) is 0 Å². The van der Waals surface area contributed by atoms with Gasteiger partial charge in [0, 0.05) is 24.0 Å². The van der Waals surface area contributed by atoms with Crippen molar-refractivity contribution in [2.45, 2.75) is 39.8 Å². The normalized spacial score (nSPS) is 11.6. The van der Waals surface area contributed by atoms with E-state index in [0.717, 1.165) is 29.4 Å². The topological polar surface area (TPSA) is 49.9 Å². The minimum Gasteiger partial charge on any atom is -0.493 e. The molecule has 0 aliphatic rings. The lowest BCUT2D eigenvalue weighted by Crippen LogP contribution is -2.35. The molecule has 0 atom stereocenters. The van der Waals surface area contributed by atoms with Crippen molar-refractivity contribution >= 4 is 0 Å². The average Bonchev–Trinajstić information content (AvgIpc) is 2.85. The third-order valence-corrected chi connectivity index (χ3v) is 2.88. The summed E-state index contributed by atoms with van der Waals surface area (Å²) in [5, 5.41) is 3.44. The van der Waals surface area contributed by atoms with Gasteiger partial charge in [-0.15, -0.1) is 0 Å². The SMILES string of the molecule is CCOc1ccccc1-c1ncc(CNC(C)(C)C)[nH]1. The van der Waals surface area contributed by atoms with E-state index in [-0.39, 0.29) is 5.54 Å². The fourth-order valence-electron chi connectivity index (χ4n) is 1.89. The first-order chi connectivity index (χ1) is 9.49. The Morgan fingerprint density at radius 1 is 1.25 bits per heavy atom. The summed E-state index contributed by atoms with van der Waals surface area (Å²) in [7, 11) is 0. The summed E-state index contributed by atoms with van der Waals surface area (Å²) in [5.41, 5.74) is 2.16. The van der Waals surface area contributed by atoms with Gasteiger partial charge in [-0.1, -0.05) is 12.1 Å². The van der Waals surface area contributed by atoms with Crippen LogP contribution in [0.5, 0.6) is 5.75 Å². The van der Waals surface area contributed by atoms with E-state index in [9.17, 15) is 0 Å².